The molecule has 94 valence electrons. The highest BCUT2D eigenvalue weighted by atomic mass is 16.5. The molecule has 0 aliphatic rings. The number of hydrogen-bond donors (Lipinski definition) is 0. The molecule has 2 aromatic rings. The summed E-state index contributed by atoms with van der Waals surface area (Å²) in [5, 5.41) is 0. The van der Waals surface area contributed by atoms with Crippen LogP contribution in [0.25, 0.3) is 0 Å². The van der Waals surface area contributed by atoms with Crippen LogP contribution in [-0.4, -0.2) is 15.8 Å². The van der Waals surface area contributed by atoms with Gasteiger partial charge in [-0.05, 0) is 37.1 Å². The van der Waals surface area contributed by atoms with Gasteiger partial charge in [0.15, 0.2) is 0 Å². The van der Waals surface area contributed by atoms with Crippen LogP contribution in [0.1, 0.15) is 27.3 Å². The molecular formula is C14H16N2O2. The second kappa shape index (κ2) is 5.04. The standard InChI is InChI=1S/C14H16N2O2/c1-10-6-12(8-17)7-11(2)14(10)18-9-13-15-4-5-16(13)3/h4-8H,9H2,1-3H3. The van der Waals surface area contributed by atoms with Crippen molar-refractivity contribution >= 4 is 6.29 Å². The smallest absolute Gasteiger partial charge is 0.150 e. The molecule has 0 amide bonds. The van der Waals surface area contributed by atoms with Crippen LogP contribution >= 0.6 is 0 Å². The molecule has 0 radical (unpaired) electrons. The average Bonchev–Trinajstić information content (AvgIpc) is 2.73. The SMILES string of the molecule is Cc1cc(C=O)cc(C)c1OCc1nccn1C. The Bertz CT molecular complexity index is 550. The van der Waals surface area contributed by atoms with E-state index in [1.807, 2.05) is 43.8 Å². The number of aromatic nitrogens is 2. The summed E-state index contributed by atoms with van der Waals surface area (Å²) in [6.07, 6.45) is 4.48. The van der Waals surface area contributed by atoms with Gasteiger partial charge < -0.3 is 9.30 Å². The van der Waals surface area contributed by atoms with E-state index in [1.54, 1.807) is 6.20 Å². The molecule has 0 saturated carbocycles. The van der Waals surface area contributed by atoms with Crippen molar-refractivity contribution in [3.63, 3.8) is 0 Å². The van der Waals surface area contributed by atoms with Crippen LogP contribution in [0.3, 0.4) is 0 Å². The van der Waals surface area contributed by atoms with E-state index < -0.39 is 0 Å². The molecule has 0 spiro atoms. The number of hydrogen-bond acceptors (Lipinski definition) is 3. The van der Waals surface area contributed by atoms with E-state index in [0.717, 1.165) is 29.0 Å². The van der Waals surface area contributed by atoms with Gasteiger partial charge in [-0.15, -0.1) is 0 Å². The number of imidazole rings is 1. The van der Waals surface area contributed by atoms with E-state index in [4.69, 9.17) is 4.74 Å². The molecule has 0 bridgehead atoms. The zero-order valence-corrected chi connectivity index (χ0v) is 10.8. The Morgan fingerprint density at radius 3 is 2.50 bits per heavy atom. The van der Waals surface area contributed by atoms with Gasteiger partial charge in [-0.25, -0.2) is 4.98 Å². The van der Waals surface area contributed by atoms with Crippen LogP contribution in [0, 0.1) is 13.8 Å². The predicted octanol–water partition coefficient (Wildman–Crippen LogP) is 2.43. The number of ether oxygens (including phenoxy) is 1. The van der Waals surface area contributed by atoms with Gasteiger partial charge in [-0.3, -0.25) is 4.79 Å². The Morgan fingerprint density at radius 1 is 1.33 bits per heavy atom. The van der Waals surface area contributed by atoms with E-state index in [1.165, 1.54) is 0 Å². The van der Waals surface area contributed by atoms with Gasteiger partial charge in [0, 0.05) is 25.0 Å². The monoisotopic (exact) mass is 244 g/mol. The van der Waals surface area contributed by atoms with Gasteiger partial charge >= 0.3 is 0 Å². The lowest BCUT2D eigenvalue weighted by Gasteiger charge is -2.12. The molecule has 0 aliphatic carbocycles. The lowest BCUT2D eigenvalue weighted by atomic mass is 10.1. The molecule has 0 aliphatic heterocycles. The normalized spacial score (nSPS) is 10.4. The van der Waals surface area contributed by atoms with Gasteiger partial charge in [0.1, 0.15) is 24.5 Å². The number of nitrogens with zero attached hydrogens (tertiary/aromatic N) is 2. The third kappa shape index (κ3) is 2.42. The second-order valence-corrected chi connectivity index (χ2v) is 4.34. The van der Waals surface area contributed by atoms with Crippen molar-refractivity contribution in [1.82, 2.24) is 9.55 Å². The molecule has 0 unspecified atom stereocenters. The number of rotatable bonds is 4. The first kappa shape index (κ1) is 12.4. The minimum absolute atomic E-state index is 0.422. The molecule has 4 nitrogen and oxygen atoms in total. The summed E-state index contributed by atoms with van der Waals surface area (Å²) in [6.45, 7) is 4.30. The Morgan fingerprint density at radius 2 is 2.00 bits per heavy atom. The minimum atomic E-state index is 0.422. The third-order valence-corrected chi connectivity index (χ3v) is 2.89. The number of benzene rings is 1. The topological polar surface area (TPSA) is 44.1 Å². The van der Waals surface area contributed by atoms with Crippen molar-refractivity contribution in [2.24, 2.45) is 7.05 Å². The predicted molar refractivity (Wildman–Crippen MR) is 68.8 cm³/mol. The van der Waals surface area contributed by atoms with Gasteiger partial charge in [-0.2, -0.15) is 0 Å². The zero-order valence-electron chi connectivity index (χ0n) is 10.8. The fourth-order valence-corrected chi connectivity index (χ4v) is 1.95. The van der Waals surface area contributed by atoms with E-state index in [0.29, 0.717) is 12.2 Å². The lowest BCUT2D eigenvalue weighted by molar-refractivity contribution is 0.112. The van der Waals surface area contributed by atoms with E-state index in [2.05, 4.69) is 4.98 Å². The fourth-order valence-electron chi connectivity index (χ4n) is 1.95. The third-order valence-electron chi connectivity index (χ3n) is 2.89. The Balaban J connectivity index is 2.19. The van der Waals surface area contributed by atoms with Crippen molar-refractivity contribution in [3.8, 4) is 5.75 Å². The highest BCUT2D eigenvalue weighted by Gasteiger charge is 2.08. The number of carbonyl (C=O) groups excluding carboxylic acids is 1. The van der Waals surface area contributed by atoms with Gasteiger partial charge in [0.05, 0.1) is 0 Å². The molecule has 1 aromatic carbocycles. The van der Waals surface area contributed by atoms with Crippen molar-refractivity contribution in [3.05, 3.63) is 47.0 Å². The van der Waals surface area contributed by atoms with Crippen LogP contribution in [0.4, 0.5) is 0 Å². The van der Waals surface area contributed by atoms with Gasteiger partial charge in [0.25, 0.3) is 0 Å². The highest BCUT2D eigenvalue weighted by molar-refractivity contribution is 5.76. The molecule has 0 atom stereocenters. The molecule has 1 aromatic heterocycles. The first-order valence-corrected chi connectivity index (χ1v) is 5.77. The maximum absolute atomic E-state index is 10.8. The first-order valence-electron chi connectivity index (χ1n) is 5.77. The summed E-state index contributed by atoms with van der Waals surface area (Å²) in [7, 11) is 1.93. The molecule has 18 heavy (non-hydrogen) atoms. The van der Waals surface area contributed by atoms with Crippen LogP contribution in [0.15, 0.2) is 24.5 Å². The molecule has 4 heteroatoms. The summed E-state index contributed by atoms with van der Waals surface area (Å²) in [4.78, 5) is 15.0. The molecule has 1 heterocycles. The number of carbonyl (C=O) groups is 1. The largest absolute Gasteiger partial charge is 0.485 e. The zero-order chi connectivity index (χ0) is 13.1. The summed E-state index contributed by atoms with van der Waals surface area (Å²) < 4.78 is 7.71. The van der Waals surface area contributed by atoms with E-state index in [9.17, 15) is 4.79 Å². The lowest BCUT2D eigenvalue weighted by Crippen LogP contribution is -2.05. The summed E-state index contributed by atoms with van der Waals surface area (Å²) >= 11 is 0. The Labute approximate surface area is 106 Å². The maximum atomic E-state index is 10.8. The second-order valence-electron chi connectivity index (χ2n) is 4.34. The molecule has 0 fully saturated rings. The van der Waals surface area contributed by atoms with Crippen molar-refractivity contribution < 1.29 is 9.53 Å². The summed E-state index contributed by atoms with van der Waals surface area (Å²) in [5.41, 5.74) is 2.60. The number of aryl methyl sites for hydroxylation is 3. The first-order chi connectivity index (χ1) is 8.61. The summed E-state index contributed by atoms with van der Waals surface area (Å²) in [6, 6.07) is 3.65. The van der Waals surface area contributed by atoms with E-state index in [-0.39, 0.29) is 0 Å². The fraction of sp³-hybridized carbons (Fsp3) is 0.286. The number of aldehydes is 1. The Hall–Kier alpha value is -2.10. The van der Waals surface area contributed by atoms with Crippen molar-refractivity contribution in [2.45, 2.75) is 20.5 Å². The maximum Gasteiger partial charge on any atom is 0.150 e. The summed E-state index contributed by atoms with van der Waals surface area (Å²) in [5.74, 6) is 1.69. The van der Waals surface area contributed by atoms with Crippen LogP contribution in [-0.2, 0) is 13.7 Å². The van der Waals surface area contributed by atoms with Crippen LogP contribution in [0.5, 0.6) is 5.75 Å². The highest BCUT2D eigenvalue weighted by Crippen LogP contribution is 2.25. The molecule has 2 rings (SSSR count). The molecule has 0 saturated heterocycles. The minimum Gasteiger partial charge on any atom is -0.485 e. The van der Waals surface area contributed by atoms with Crippen LogP contribution in [0.2, 0.25) is 0 Å². The van der Waals surface area contributed by atoms with E-state index >= 15 is 0 Å². The van der Waals surface area contributed by atoms with Crippen LogP contribution < -0.4 is 4.74 Å². The van der Waals surface area contributed by atoms with Gasteiger partial charge in [0.2, 0.25) is 0 Å². The average molecular weight is 244 g/mol. The molecule has 0 N–H and O–H groups in total. The molecular weight excluding hydrogens is 228 g/mol. The quantitative estimate of drug-likeness (QED) is 0.776. The van der Waals surface area contributed by atoms with Crippen molar-refractivity contribution in [1.29, 1.82) is 0 Å². The van der Waals surface area contributed by atoms with Gasteiger partial charge in [-0.1, -0.05) is 0 Å². The Kier molecular flexibility index (Phi) is 3.46. The van der Waals surface area contributed by atoms with Crippen molar-refractivity contribution in [2.75, 3.05) is 0 Å².